The lowest BCUT2D eigenvalue weighted by Gasteiger charge is -2.36. The fourth-order valence-corrected chi connectivity index (χ4v) is 2.96. The van der Waals surface area contributed by atoms with Crippen molar-refractivity contribution < 1.29 is 9.53 Å². The van der Waals surface area contributed by atoms with Crippen LogP contribution in [0.2, 0.25) is 0 Å². The van der Waals surface area contributed by atoms with Gasteiger partial charge in [0.25, 0.3) is 0 Å². The van der Waals surface area contributed by atoms with Gasteiger partial charge < -0.3 is 15.0 Å². The molecular weight excluding hydrogens is 252 g/mol. The molecule has 2 heterocycles. The van der Waals surface area contributed by atoms with Gasteiger partial charge in [0.05, 0.1) is 13.2 Å². The van der Waals surface area contributed by atoms with Gasteiger partial charge in [-0.25, -0.2) is 0 Å². The highest BCUT2D eigenvalue weighted by Gasteiger charge is 2.27. The second-order valence-electron chi connectivity index (χ2n) is 5.67. The summed E-state index contributed by atoms with van der Waals surface area (Å²) in [6.45, 7) is 8.63. The van der Waals surface area contributed by atoms with E-state index in [4.69, 9.17) is 4.74 Å². The van der Waals surface area contributed by atoms with Gasteiger partial charge in [-0.3, -0.25) is 4.79 Å². The second kappa shape index (κ2) is 7.31. The van der Waals surface area contributed by atoms with Gasteiger partial charge in [-0.15, -0.1) is 12.4 Å². The van der Waals surface area contributed by atoms with Gasteiger partial charge in [-0.2, -0.15) is 0 Å². The van der Waals surface area contributed by atoms with Crippen molar-refractivity contribution in [3.8, 4) is 0 Å². The quantitative estimate of drug-likeness (QED) is 0.826. The Labute approximate surface area is 116 Å². The maximum Gasteiger partial charge on any atom is 0.224 e. The number of carbonyl (C=O) groups excluding carboxylic acids is 1. The molecule has 2 aliphatic heterocycles. The third kappa shape index (κ3) is 4.41. The summed E-state index contributed by atoms with van der Waals surface area (Å²) in [4.78, 5) is 14.2. The minimum absolute atomic E-state index is 0. The fourth-order valence-electron chi connectivity index (χ4n) is 2.96. The zero-order valence-corrected chi connectivity index (χ0v) is 12.2. The van der Waals surface area contributed by atoms with Crippen LogP contribution in [-0.2, 0) is 9.53 Å². The molecule has 3 atom stereocenters. The SMILES string of the molecule is CC1CC(C)CN(C(=O)CC2COCCN2)C1.Cl. The van der Waals surface area contributed by atoms with Gasteiger partial charge in [0, 0.05) is 32.1 Å². The van der Waals surface area contributed by atoms with Crippen molar-refractivity contribution in [2.45, 2.75) is 32.7 Å². The van der Waals surface area contributed by atoms with Crippen molar-refractivity contribution in [2.24, 2.45) is 11.8 Å². The van der Waals surface area contributed by atoms with Gasteiger partial charge in [0.1, 0.15) is 0 Å². The molecule has 0 saturated carbocycles. The maximum atomic E-state index is 12.2. The number of piperidine rings is 1. The molecule has 0 aromatic carbocycles. The molecule has 1 N–H and O–H groups in total. The van der Waals surface area contributed by atoms with Gasteiger partial charge in [0.15, 0.2) is 0 Å². The lowest BCUT2D eigenvalue weighted by Crippen LogP contribution is -2.48. The molecule has 0 aromatic rings. The third-order valence-electron chi connectivity index (χ3n) is 3.64. The van der Waals surface area contributed by atoms with Gasteiger partial charge in [-0.05, 0) is 18.3 Å². The number of amides is 1. The fraction of sp³-hybridized carbons (Fsp3) is 0.923. The van der Waals surface area contributed by atoms with E-state index < -0.39 is 0 Å². The normalized spacial score (nSPS) is 32.8. The second-order valence-corrected chi connectivity index (χ2v) is 5.67. The summed E-state index contributed by atoms with van der Waals surface area (Å²) < 4.78 is 5.38. The number of ether oxygens (including phenoxy) is 1. The van der Waals surface area contributed by atoms with Crippen LogP contribution in [0, 0.1) is 11.8 Å². The molecule has 4 nitrogen and oxygen atoms in total. The van der Waals surface area contributed by atoms with E-state index in [0.717, 1.165) is 26.2 Å². The van der Waals surface area contributed by atoms with E-state index >= 15 is 0 Å². The van der Waals surface area contributed by atoms with Crippen molar-refractivity contribution in [3.63, 3.8) is 0 Å². The van der Waals surface area contributed by atoms with Crippen LogP contribution in [0.4, 0.5) is 0 Å². The monoisotopic (exact) mass is 276 g/mol. The molecule has 0 aliphatic carbocycles. The Morgan fingerprint density at radius 1 is 1.33 bits per heavy atom. The van der Waals surface area contributed by atoms with Crippen LogP contribution in [0.3, 0.4) is 0 Å². The Morgan fingerprint density at radius 3 is 2.56 bits per heavy atom. The van der Waals surface area contributed by atoms with E-state index in [0.29, 0.717) is 24.9 Å². The molecule has 18 heavy (non-hydrogen) atoms. The molecule has 0 spiro atoms. The average molecular weight is 277 g/mol. The lowest BCUT2D eigenvalue weighted by molar-refractivity contribution is -0.135. The number of morpholine rings is 1. The summed E-state index contributed by atoms with van der Waals surface area (Å²) in [5.74, 6) is 1.56. The standard InChI is InChI=1S/C13H24N2O2.ClH/c1-10-5-11(2)8-15(7-10)13(16)6-12-9-17-4-3-14-12;/h10-12,14H,3-9H2,1-2H3;1H. The Kier molecular flexibility index (Phi) is 6.39. The minimum atomic E-state index is 0. The van der Waals surface area contributed by atoms with Crippen LogP contribution >= 0.6 is 12.4 Å². The van der Waals surface area contributed by atoms with Crippen LogP contribution in [0.25, 0.3) is 0 Å². The summed E-state index contributed by atoms with van der Waals surface area (Å²) >= 11 is 0. The van der Waals surface area contributed by atoms with Crippen LogP contribution in [0.15, 0.2) is 0 Å². The summed E-state index contributed by atoms with van der Waals surface area (Å²) in [6, 6.07) is 0.212. The minimum Gasteiger partial charge on any atom is -0.378 e. The average Bonchev–Trinajstić information content (AvgIpc) is 2.29. The van der Waals surface area contributed by atoms with E-state index in [2.05, 4.69) is 19.2 Å². The first kappa shape index (κ1) is 15.7. The highest BCUT2D eigenvalue weighted by Crippen LogP contribution is 2.21. The molecule has 2 saturated heterocycles. The van der Waals surface area contributed by atoms with Crippen molar-refractivity contribution in [2.75, 3.05) is 32.8 Å². The number of nitrogens with one attached hydrogen (secondary N) is 1. The van der Waals surface area contributed by atoms with Crippen LogP contribution in [0.5, 0.6) is 0 Å². The first-order valence-electron chi connectivity index (χ1n) is 6.74. The molecule has 5 heteroatoms. The number of halogens is 1. The van der Waals surface area contributed by atoms with Gasteiger partial charge in [0.2, 0.25) is 5.91 Å². The smallest absolute Gasteiger partial charge is 0.224 e. The zero-order chi connectivity index (χ0) is 12.3. The molecule has 0 radical (unpaired) electrons. The highest BCUT2D eigenvalue weighted by molar-refractivity contribution is 5.85. The Morgan fingerprint density at radius 2 is 2.00 bits per heavy atom. The molecular formula is C13H25ClN2O2. The van der Waals surface area contributed by atoms with Crippen molar-refractivity contribution in [3.05, 3.63) is 0 Å². The molecule has 1 amide bonds. The van der Waals surface area contributed by atoms with E-state index in [1.807, 2.05) is 4.90 Å². The zero-order valence-electron chi connectivity index (χ0n) is 11.4. The highest BCUT2D eigenvalue weighted by atomic mass is 35.5. The van der Waals surface area contributed by atoms with E-state index in [1.165, 1.54) is 6.42 Å². The third-order valence-corrected chi connectivity index (χ3v) is 3.64. The number of carbonyl (C=O) groups is 1. The molecule has 3 unspecified atom stereocenters. The van der Waals surface area contributed by atoms with Gasteiger partial charge in [-0.1, -0.05) is 13.8 Å². The number of likely N-dealkylation sites (tertiary alicyclic amines) is 1. The van der Waals surface area contributed by atoms with E-state index in [-0.39, 0.29) is 24.4 Å². The predicted molar refractivity (Wildman–Crippen MR) is 74.0 cm³/mol. The summed E-state index contributed by atoms with van der Waals surface area (Å²) in [6.07, 6.45) is 1.83. The van der Waals surface area contributed by atoms with Crippen molar-refractivity contribution >= 4 is 18.3 Å². The van der Waals surface area contributed by atoms with E-state index in [1.54, 1.807) is 0 Å². The maximum absolute atomic E-state index is 12.2. The first-order valence-corrected chi connectivity index (χ1v) is 6.74. The molecule has 0 aromatic heterocycles. The molecule has 2 fully saturated rings. The van der Waals surface area contributed by atoms with Gasteiger partial charge >= 0.3 is 0 Å². The number of rotatable bonds is 2. The van der Waals surface area contributed by atoms with Crippen molar-refractivity contribution in [1.29, 1.82) is 0 Å². The first-order chi connectivity index (χ1) is 8.15. The Bertz CT molecular complexity index is 260. The lowest BCUT2D eigenvalue weighted by atomic mass is 9.91. The summed E-state index contributed by atoms with van der Waals surface area (Å²) in [5.41, 5.74) is 0. The Balaban J connectivity index is 0.00000162. The largest absolute Gasteiger partial charge is 0.378 e. The molecule has 2 rings (SSSR count). The molecule has 106 valence electrons. The van der Waals surface area contributed by atoms with Crippen LogP contribution < -0.4 is 5.32 Å². The van der Waals surface area contributed by atoms with Crippen LogP contribution in [-0.4, -0.2) is 49.7 Å². The number of nitrogens with zero attached hydrogens (tertiary/aromatic N) is 1. The number of hydrogen-bond acceptors (Lipinski definition) is 3. The molecule has 0 bridgehead atoms. The van der Waals surface area contributed by atoms with Crippen LogP contribution in [0.1, 0.15) is 26.7 Å². The topological polar surface area (TPSA) is 41.6 Å². The molecule has 2 aliphatic rings. The Hall–Kier alpha value is -0.320. The summed E-state index contributed by atoms with van der Waals surface area (Å²) in [5, 5.41) is 3.34. The van der Waals surface area contributed by atoms with E-state index in [9.17, 15) is 4.79 Å². The van der Waals surface area contributed by atoms with Crippen molar-refractivity contribution in [1.82, 2.24) is 10.2 Å². The predicted octanol–water partition coefficient (Wildman–Crippen LogP) is 1.29. The number of hydrogen-bond donors (Lipinski definition) is 1. The summed E-state index contributed by atoms with van der Waals surface area (Å²) in [7, 11) is 0.